The fourth-order valence-electron chi connectivity index (χ4n) is 2.99. The second-order valence-corrected chi connectivity index (χ2v) is 7.58. The van der Waals surface area contributed by atoms with Gasteiger partial charge in [-0.15, -0.1) is 0 Å². The van der Waals surface area contributed by atoms with Crippen LogP contribution >= 0.6 is 0 Å². The summed E-state index contributed by atoms with van der Waals surface area (Å²) in [5.41, 5.74) is 1.54. The molecular weight excluding hydrogens is 336 g/mol. The van der Waals surface area contributed by atoms with Gasteiger partial charge >= 0.3 is 0 Å². The van der Waals surface area contributed by atoms with E-state index in [0.29, 0.717) is 23.6 Å². The van der Waals surface area contributed by atoms with E-state index in [0.717, 1.165) is 36.4 Å². The maximum Gasteiger partial charge on any atom is 0.209 e. The van der Waals surface area contributed by atoms with Gasteiger partial charge in [-0.05, 0) is 49.4 Å². The molecule has 1 aliphatic heterocycles. The lowest BCUT2D eigenvalue weighted by molar-refractivity contribution is 0.488. The van der Waals surface area contributed by atoms with Gasteiger partial charge in [0.15, 0.2) is 0 Å². The fourth-order valence-corrected chi connectivity index (χ4v) is 4.35. The Bertz CT molecular complexity index is 1060. The van der Waals surface area contributed by atoms with Crippen LogP contribution in [0, 0.1) is 11.6 Å². The third-order valence-corrected chi connectivity index (χ3v) is 5.94. The topological polar surface area (TPSA) is 59.3 Å². The Hall–Kier alpha value is -2.25. The maximum absolute atomic E-state index is 13.9. The van der Waals surface area contributed by atoms with Crippen molar-refractivity contribution in [1.29, 1.82) is 0 Å². The van der Waals surface area contributed by atoms with Crippen LogP contribution in [0.3, 0.4) is 0 Å². The Morgan fingerprint density at radius 3 is 2.75 bits per heavy atom. The van der Waals surface area contributed by atoms with Crippen molar-refractivity contribution < 1.29 is 21.6 Å². The predicted octanol–water partition coefficient (Wildman–Crippen LogP) is 3.19. The molecule has 0 aliphatic carbocycles. The van der Waals surface area contributed by atoms with E-state index >= 15 is 0 Å². The number of benzene rings is 2. The second-order valence-electron chi connectivity index (χ2n) is 5.67. The molecule has 1 aliphatic rings. The van der Waals surface area contributed by atoms with Crippen molar-refractivity contribution in [2.24, 2.45) is 0 Å². The summed E-state index contributed by atoms with van der Waals surface area (Å²) in [4.78, 5) is -0.748. The molecule has 2 aromatic carbocycles. The minimum absolute atomic E-state index is 0.0818. The molecule has 0 spiro atoms. The van der Waals surface area contributed by atoms with E-state index in [-0.39, 0.29) is 4.90 Å². The van der Waals surface area contributed by atoms with Gasteiger partial charge in [-0.2, -0.15) is 0 Å². The molecule has 124 valence electrons. The average Bonchev–Trinajstić information content (AvgIpc) is 2.94. The number of nitrogens with one attached hydrogen (secondary N) is 1. The standard InChI is InChI=1S/C17H13F2NO3S/c18-10-1-3-14(19)17(7-10)24(21,22)11-2-4-15-13(8-11)12-5-6-20-9-16(12)23-15/h1-4,7-8,20H,5-6,9H2. The molecule has 1 N–H and O–H groups in total. The van der Waals surface area contributed by atoms with Gasteiger partial charge in [-0.1, -0.05) is 0 Å². The van der Waals surface area contributed by atoms with Gasteiger partial charge in [0.25, 0.3) is 0 Å². The van der Waals surface area contributed by atoms with Crippen molar-refractivity contribution in [2.45, 2.75) is 22.8 Å². The SMILES string of the molecule is O=S(=O)(c1ccc2oc3c(c2c1)CCNC3)c1cc(F)ccc1F. The lowest BCUT2D eigenvalue weighted by Crippen LogP contribution is -2.22. The van der Waals surface area contributed by atoms with Crippen molar-refractivity contribution in [3.05, 3.63) is 59.4 Å². The Morgan fingerprint density at radius 1 is 1.08 bits per heavy atom. The molecule has 0 saturated heterocycles. The molecule has 0 saturated carbocycles. The summed E-state index contributed by atoms with van der Waals surface area (Å²) in [6.07, 6.45) is 0.722. The van der Waals surface area contributed by atoms with Crippen molar-refractivity contribution in [3.63, 3.8) is 0 Å². The molecule has 4 nitrogen and oxygen atoms in total. The molecular formula is C17H13F2NO3S. The smallest absolute Gasteiger partial charge is 0.209 e. The van der Waals surface area contributed by atoms with Crippen LogP contribution in [0.25, 0.3) is 11.0 Å². The second kappa shape index (κ2) is 5.39. The number of hydrogen-bond donors (Lipinski definition) is 1. The van der Waals surface area contributed by atoms with Crippen molar-refractivity contribution in [1.82, 2.24) is 5.32 Å². The zero-order valence-corrected chi connectivity index (χ0v) is 13.3. The highest BCUT2D eigenvalue weighted by atomic mass is 32.2. The van der Waals surface area contributed by atoms with E-state index in [1.54, 1.807) is 6.07 Å². The van der Waals surface area contributed by atoms with Crippen LogP contribution in [-0.4, -0.2) is 15.0 Å². The molecule has 7 heteroatoms. The summed E-state index contributed by atoms with van der Waals surface area (Å²) in [6, 6.07) is 6.78. The molecule has 0 radical (unpaired) electrons. The first-order chi connectivity index (χ1) is 11.5. The minimum Gasteiger partial charge on any atom is -0.459 e. The predicted molar refractivity (Wildman–Crippen MR) is 83.4 cm³/mol. The third-order valence-electron chi connectivity index (χ3n) is 4.18. The number of sulfone groups is 1. The lowest BCUT2D eigenvalue weighted by Gasteiger charge is -2.11. The number of furan rings is 1. The highest BCUT2D eigenvalue weighted by Gasteiger charge is 2.25. The van der Waals surface area contributed by atoms with Gasteiger partial charge in [0.2, 0.25) is 9.84 Å². The summed E-state index contributed by atoms with van der Waals surface area (Å²) in [5, 5.41) is 3.88. The molecule has 0 atom stereocenters. The molecule has 0 bridgehead atoms. The molecule has 2 heterocycles. The van der Waals surface area contributed by atoms with E-state index in [9.17, 15) is 17.2 Å². The lowest BCUT2D eigenvalue weighted by atomic mass is 10.1. The fraction of sp³-hybridized carbons (Fsp3) is 0.176. The van der Waals surface area contributed by atoms with Gasteiger partial charge in [-0.25, -0.2) is 17.2 Å². The maximum atomic E-state index is 13.9. The third kappa shape index (κ3) is 2.32. The van der Waals surface area contributed by atoms with Gasteiger partial charge in [0, 0.05) is 10.9 Å². The van der Waals surface area contributed by atoms with Crippen LogP contribution in [-0.2, 0) is 22.8 Å². The summed E-state index contributed by atoms with van der Waals surface area (Å²) < 4.78 is 58.4. The van der Waals surface area contributed by atoms with Gasteiger partial charge < -0.3 is 9.73 Å². The first kappa shape index (κ1) is 15.3. The van der Waals surface area contributed by atoms with Crippen molar-refractivity contribution >= 4 is 20.8 Å². The first-order valence-electron chi connectivity index (χ1n) is 7.42. The van der Waals surface area contributed by atoms with Gasteiger partial charge in [0.1, 0.15) is 27.9 Å². The average molecular weight is 349 g/mol. The zero-order valence-electron chi connectivity index (χ0n) is 12.5. The summed E-state index contributed by atoms with van der Waals surface area (Å²) in [6.45, 7) is 1.36. The molecule has 1 aromatic heterocycles. The number of rotatable bonds is 2. The quantitative estimate of drug-likeness (QED) is 0.772. The normalized spacial score (nSPS) is 14.8. The molecule has 0 fully saturated rings. The van der Waals surface area contributed by atoms with Crippen LogP contribution < -0.4 is 5.32 Å². The van der Waals surface area contributed by atoms with E-state index < -0.39 is 26.4 Å². The summed E-state index contributed by atoms with van der Waals surface area (Å²) in [5.74, 6) is -1.000. The Kier molecular flexibility index (Phi) is 3.43. The van der Waals surface area contributed by atoms with E-state index in [2.05, 4.69) is 5.32 Å². The Balaban J connectivity index is 1.91. The summed E-state index contributed by atoms with van der Waals surface area (Å²) >= 11 is 0. The summed E-state index contributed by atoms with van der Waals surface area (Å²) in [7, 11) is -4.16. The zero-order chi connectivity index (χ0) is 16.9. The highest BCUT2D eigenvalue weighted by molar-refractivity contribution is 7.91. The molecule has 3 aromatic rings. The number of halogens is 2. The van der Waals surface area contributed by atoms with Gasteiger partial charge in [-0.3, -0.25) is 0 Å². The van der Waals surface area contributed by atoms with E-state index in [1.165, 1.54) is 12.1 Å². The van der Waals surface area contributed by atoms with Crippen LogP contribution in [0.5, 0.6) is 0 Å². The highest BCUT2D eigenvalue weighted by Crippen LogP contribution is 2.32. The molecule has 4 rings (SSSR count). The van der Waals surface area contributed by atoms with Crippen LogP contribution in [0.15, 0.2) is 50.6 Å². The molecule has 24 heavy (non-hydrogen) atoms. The first-order valence-corrected chi connectivity index (χ1v) is 8.90. The number of fused-ring (bicyclic) bond motifs is 3. The Labute approximate surface area is 137 Å². The van der Waals surface area contributed by atoms with Crippen molar-refractivity contribution in [3.8, 4) is 0 Å². The van der Waals surface area contributed by atoms with E-state index in [4.69, 9.17) is 4.42 Å². The number of hydrogen-bond acceptors (Lipinski definition) is 4. The van der Waals surface area contributed by atoms with Crippen LogP contribution in [0.4, 0.5) is 8.78 Å². The van der Waals surface area contributed by atoms with Crippen LogP contribution in [0.1, 0.15) is 11.3 Å². The Morgan fingerprint density at radius 2 is 1.92 bits per heavy atom. The minimum atomic E-state index is -4.16. The monoisotopic (exact) mass is 349 g/mol. The molecule has 0 unspecified atom stereocenters. The van der Waals surface area contributed by atoms with E-state index in [1.807, 2.05) is 0 Å². The largest absolute Gasteiger partial charge is 0.459 e. The molecule has 0 amide bonds. The van der Waals surface area contributed by atoms with Crippen LogP contribution in [0.2, 0.25) is 0 Å². The van der Waals surface area contributed by atoms with Gasteiger partial charge in [0.05, 0.1) is 11.4 Å². The van der Waals surface area contributed by atoms with Crippen molar-refractivity contribution in [2.75, 3.05) is 6.54 Å².